The van der Waals surface area contributed by atoms with Crippen LogP contribution < -0.4 is 10.6 Å². The zero-order valence-corrected chi connectivity index (χ0v) is 12.2. The van der Waals surface area contributed by atoms with E-state index in [9.17, 15) is 9.81 Å². The van der Waals surface area contributed by atoms with Crippen molar-refractivity contribution in [3.05, 3.63) is 58.3 Å². The van der Waals surface area contributed by atoms with Gasteiger partial charge in [0.25, 0.3) is 0 Å². The van der Waals surface area contributed by atoms with E-state index in [-0.39, 0.29) is 0 Å². The molecule has 2 rings (SSSR count). The number of nitrogens with zero attached hydrogens (tertiary/aromatic N) is 2. The molecule has 0 bridgehead atoms. The molecule has 2 aromatic rings. The van der Waals surface area contributed by atoms with Crippen molar-refractivity contribution in [3.8, 4) is 0 Å². The van der Waals surface area contributed by atoms with E-state index in [0.717, 1.165) is 37.3 Å². The molecule has 22 heavy (non-hydrogen) atoms. The Balaban J connectivity index is 1.60. The zero-order valence-electron chi connectivity index (χ0n) is 12.2. The maximum absolute atomic E-state index is 10.3. The Morgan fingerprint density at radius 2 is 1.00 bits per heavy atom. The Labute approximate surface area is 128 Å². The molecule has 6 nitrogen and oxygen atoms in total. The number of hydrogen-bond acceptors (Lipinski definition) is 6. The number of hydrogen-bond donors (Lipinski definition) is 2. The average molecular weight is 298 g/mol. The highest BCUT2D eigenvalue weighted by atomic mass is 16.3. The molecular weight excluding hydrogens is 280 g/mol. The molecule has 0 amide bonds. The summed E-state index contributed by atoms with van der Waals surface area (Å²) in [5, 5.41) is 12.3. The van der Waals surface area contributed by atoms with Gasteiger partial charge < -0.3 is 10.6 Å². The highest BCUT2D eigenvalue weighted by Crippen LogP contribution is 2.16. The van der Waals surface area contributed by atoms with Crippen molar-refractivity contribution in [2.75, 3.05) is 23.7 Å². The first-order valence-electron chi connectivity index (χ1n) is 7.16. The Bertz CT molecular complexity index is 541. The van der Waals surface area contributed by atoms with Gasteiger partial charge in [0.05, 0.1) is 0 Å². The van der Waals surface area contributed by atoms with Crippen molar-refractivity contribution in [1.29, 1.82) is 0 Å². The first-order chi connectivity index (χ1) is 10.8. The molecule has 6 heteroatoms. The molecule has 0 aromatic heterocycles. The van der Waals surface area contributed by atoms with Crippen LogP contribution in [0.1, 0.15) is 12.8 Å². The minimum Gasteiger partial charge on any atom is -0.385 e. The van der Waals surface area contributed by atoms with Gasteiger partial charge in [-0.05, 0) is 71.7 Å². The molecular formula is C16H18N4O2. The third-order valence-electron chi connectivity index (χ3n) is 3.21. The fourth-order valence-electron chi connectivity index (χ4n) is 2.00. The average Bonchev–Trinajstić information content (AvgIpc) is 2.59. The second kappa shape index (κ2) is 8.51. The van der Waals surface area contributed by atoms with Gasteiger partial charge in [-0.2, -0.15) is 0 Å². The van der Waals surface area contributed by atoms with E-state index in [1.165, 1.54) is 0 Å². The van der Waals surface area contributed by atoms with E-state index >= 15 is 0 Å². The summed E-state index contributed by atoms with van der Waals surface area (Å²) in [4.78, 5) is 20.6. The van der Waals surface area contributed by atoms with Crippen LogP contribution in [0.3, 0.4) is 0 Å². The summed E-state index contributed by atoms with van der Waals surface area (Å²) in [7, 11) is 0. The second-order valence-corrected chi connectivity index (χ2v) is 4.84. The number of benzene rings is 2. The topological polar surface area (TPSA) is 82.9 Å². The lowest BCUT2D eigenvalue weighted by Gasteiger charge is -2.08. The van der Waals surface area contributed by atoms with Crippen LogP contribution in [0.4, 0.5) is 22.7 Å². The molecule has 0 aliphatic heterocycles. The lowest BCUT2D eigenvalue weighted by Crippen LogP contribution is -2.06. The molecule has 0 saturated carbocycles. The van der Waals surface area contributed by atoms with Crippen molar-refractivity contribution in [3.63, 3.8) is 0 Å². The number of anilines is 2. The molecule has 0 fully saturated rings. The van der Waals surface area contributed by atoms with Crippen molar-refractivity contribution >= 4 is 22.7 Å². The molecule has 2 aromatic carbocycles. The fourth-order valence-corrected chi connectivity index (χ4v) is 2.00. The molecule has 0 atom stereocenters. The molecule has 0 unspecified atom stereocenters. The van der Waals surface area contributed by atoms with Crippen LogP contribution in [0.25, 0.3) is 0 Å². The van der Waals surface area contributed by atoms with Crippen LogP contribution in [0.2, 0.25) is 0 Å². The molecule has 0 aliphatic carbocycles. The highest BCUT2D eigenvalue weighted by Gasteiger charge is 1.96. The van der Waals surface area contributed by atoms with Crippen molar-refractivity contribution in [2.24, 2.45) is 10.4 Å². The standard InChI is InChI=1S/C16H18N4O2/c21-19-15-7-3-13(4-8-15)17-11-1-2-12-18-14-5-9-16(20-22)10-6-14/h3-10,17-18H,1-2,11-12H2. The van der Waals surface area contributed by atoms with E-state index < -0.39 is 0 Å². The Kier molecular flexibility index (Phi) is 6.04. The Morgan fingerprint density at radius 3 is 1.32 bits per heavy atom. The van der Waals surface area contributed by atoms with Gasteiger partial charge in [-0.15, -0.1) is 9.81 Å². The second-order valence-electron chi connectivity index (χ2n) is 4.84. The van der Waals surface area contributed by atoms with E-state index in [4.69, 9.17) is 0 Å². The van der Waals surface area contributed by atoms with E-state index in [0.29, 0.717) is 11.4 Å². The first-order valence-corrected chi connectivity index (χ1v) is 7.16. The van der Waals surface area contributed by atoms with Gasteiger partial charge in [-0.25, -0.2) is 0 Å². The smallest absolute Gasteiger partial charge is 0.108 e. The van der Waals surface area contributed by atoms with Crippen LogP contribution in [-0.2, 0) is 0 Å². The maximum atomic E-state index is 10.3. The molecule has 0 saturated heterocycles. The molecule has 0 spiro atoms. The summed E-state index contributed by atoms with van der Waals surface area (Å²) in [6.07, 6.45) is 2.04. The van der Waals surface area contributed by atoms with Gasteiger partial charge in [0, 0.05) is 24.5 Å². The predicted octanol–water partition coefficient (Wildman–Crippen LogP) is 4.79. The van der Waals surface area contributed by atoms with Gasteiger partial charge in [0.2, 0.25) is 0 Å². The SMILES string of the molecule is O=Nc1ccc(NCCCCNc2ccc(N=O)cc2)cc1. The fraction of sp³-hybridized carbons (Fsp3) is 0.250. The third kappa shape index (κ3) is 4.97. The lowest BCUT2D eigenvalue weighted by molar-refractivity contribution is 0.796. The summed E-state index contributed by atoms with van der Waals surface area (Å²) in [6, 6.07) is 14.1. The van der Waals surface area contributed by atoms with Gasteiger partial charge in [0.1, 0.15) is 11.4 Å². The normalized spacial score (nSPS) is 10.0. The van der Waals surface area contributed by atoms with E-state index in [2.05, 4.69) is 21.0 Å². The number of nitrogens with one attached hydrogen (secondary N) is 2. The highest BCUT2D eigenvalue weighted by molar-refractivity contribution is 5.51. The Hall–Kier alpha value is -2.76. The van der Waals surface area contributed by atoms with Gasteiger partial charge in [-0.1, -0.05) is 0 Å². The summed E-state index contributed by atoms with van der Waals surface area (Å²) >= 11 is 0. The summed E-state index contributed by atoms with van der Waals surface area (Å²) < 4.78 is 0. The lowest BCUT2D eigenvalue weighted by atomic mass is 10.2. The zero-order chi connectivity index (χ0) is 15.6. The summed E-state index contributed by atoms with van der Waals surface area (Å²) in [5.41, 5.74) is 2.84. The quantitative estimate of drug-likeness (QED) is 0.515. The monoisotopic (exact) mass is 298 g/mol. The molecule has 0 radical (unpaired) electrons. The third-order valence-corrected chi connectivity index (χ3v) is 3.21. The van der Waals surface area contributed by atoms with Crippen LogP contribution in [0.15, 0.2) is 58.9 Å². The Morgan fingerprint density at radius 1 is 0.636 bits per heavy atom. The number of nitroso groups, excluding NO2 is 2. The largest absolute Gasteiger partial charge is 0.385 e. The molecule has 2 N–H and O–H groups in total. The van der Waals surface area contributed by atoms with Crippen molar-refractivity contribution in [2.45, 2.75) is 12.8 Å². The minimum absolute atomic E-state index is 0.436. The predicted molar refractivity (Wildman–Crippen MR) is 90.0 cm³/mol. The van der Waals surface area contributed by atoms with Gasteiger partial charge >= 0.3 is 0 Å². The summed E-state index contributed by atoms with van der Waals surface area (Å²) in [6.45, 7) is 1.73. The van der Waals surface area contributed by atoms with E-state index in [1.807, 2.05) is 24.3 Å². The van der Waals surface area contributed by atoms with Crippen molar-refractivity contribution in [1.82, 2.24) is 0 Å². The molecule has 0 aliphatic rings. The van der Waals surface area contributed by atoms with Crippen LogP contribution in [0, 0.1) is 9.81 Å². The number of unbranched alkanes of at least 4 members (excludes halogenated alkanes) is 1. The van der Waals surface area contributed by atoms with Crippen molar-refractivity contribution < 1.29 is 0 Å². The summed E-state index contributed by atoms with van der Waals surface area (Å²) in [5.74, 6) is 0. The molecule has 114 valence electrons. The van der Waals surface area contributed by atoms with Crippen LogP contribution in [0.5, 0.6) is 0 Å². The van der Waals surface area contributed by atoms with E-state index in [1.54, 1.807) is 24.3 Å². The van der Waals surface area contributed by atoms with Crippen LogP contribution in [-0.4, -0.2) is 13.1 Å². The minimum atomic E-state index is 0.436. The van der Waals surface area contributed by atoms with Gasteiger partial charge in [0.15, 0.2) is 0 Å². The maximum Gasteiger partial charge on any atom is 0.108 e. The number of rotatable bonds is 9. The van der Waals surface area contributed by atoms with Crippen LogP contribution >= 0.6 is 0 Å². The van der Waals surface area contributed by atoms with Gasteiger partial charge in [-0.3, -0.25) is 0 Å². The first kappa shape index (κ1) is 15.6. The molecule has 0 heterocycles.